The third-order valence-corrected chi connectivity index (χ3v) is 3.53. The number of carbonyl (C=O) groups is 3. The molecular formula is C16H12Cl2N4O5. The minimum Gasteiger partial charge on any atom is -0.339 e. The Bertz CT molecular complexity index is 882. The summed E-state index contributed by atoms with van der Waals surface area (Å²) in [7, 11) is 0. The molecule has 0 heterocycles. The third-order valence-electron chi connectivity index (χ3n) is 3.10. The van der Waals surface area contributed by atoms with Crippen LogP contribution in [0.2, 0.25) is 10.0 Å². The number of rotatable bonds is 5. The van der Waals surface area contributed by atoms with Crippen molar-refractivity contribution in [3.8, 4) is 0 Å². The Morgan fingerprint density at radius 2 is 1.48 bits per heavy atom. The molecule has 27 heavy (non-hydrogen) atoms. The molecular weight excluding hydrogens is 399 g/mol. The van der Waals surface area contributed by atoms with E-state index in [1.165, 1.54) is 42.5 Å². The van der Waals surface area contributed by atoms with Gasteiger partial charge in [0, 0.05) is 33.6 Å². The monoisotopic (exact) mass is 410 g/mol. The van der Waals surface area contributed by atoms with Crippen LogP contribution in [-0.2, 0) is 14.4 Å². The molecule has 0 aliphatic rings. The summed E-state index contributed by atoms with van der Waals surface area (Å²) < 4.78 is 0. The van der Waals surface area contributed by atoms with Crippen molar-refractivity contribution in [2.75, 3.05) is 17.2 Å². The molecule has 0 aliphatic carbocycles. The summed E-state index contributed by atoms with van der Waals surface area (Å²) in [5, 5.41) is 18.0. The summed E-state index contributed by atoms with van der Waals surface area (Å²) in [6.45, 7) is -0.473. The highest BCUT2D eigenvalue weighted by Crippen LogP contribution is 2.22. The largest absolute Gasteiger partial charge is 0.339 e. The smallest absolute Gasteiger partial charge is 0.313 e. The number of nitrogens with zero attached hydrogens (tertiary/aromatic N) is 1. The highest BCUT2D eigenvalue weighted by Gasteiger charge is 2.15. The molecule has 9 nitrogen and oxygen atoms in total. The summed E-state index contributed by atoms with van der Waals surface area (Å²) in [6.07, 6.45) is 0. The molecule has 0 saturated heterocycles. The molecule has 3 N–H and O–H groups in total. The Morgan fingerprint density at radius 1 is 0.889 bits per heavy atom. The van der Waals surface area contributed by atoms with Gasteiger partial charge in [-0.1, -0.05) is 23.2 Å². The van der Waals surface area contributed by atoms with Gasteiger partial charge in [0.25, 0.3) is 5.69 Å². The van der Waals surface area contributed by atoms with E-state index in [0.717, 1.165) is 0 Å². The Balaban J connectivity index is 1.84. The van der Waals surface area contributed by atoms with E-state index in [1.54, 1.807) is 0 Å². The molecule has 0 saturated carbocycles. The lowest BCUT2D eigenvalue weighted by Crippen LogP contribution is -2.39. The number of nitro groups is 1. The van der Waals surface area contributed by atoms with Crippen LogP contribution in [0.4, 0.5) is 17.1 Å². The van der Waals surface area contributed by atoms with Gasteiger partial charge < -0.3 is 16.0 Å². The molecule has 2 aromatic carbocycles. The predicted octanol–water partition coefficient (Wildman–Crippen LogP) is 2.60. The van der Waals surface area contributed by atoms with Gasteiger partial charge in [-0.25, -0.2) is 0 Å². The highest BCUT2D eigenvalue weighted by atomic mass is 35.5. The summed E-state index contributed by atoms with van der Waals surface area (Å²) in [5.41, 5.74) is 0.403. The van der Waals surface area contributed by atoms with E-state index in [0.29, 0.717) is 5.69 Å². The Hall–Kier alpha value is -3.17. The number of hydrogen-bond donors (Lipinski definition) is 3. The van der Waals surface area contributed by atoms with Gasteiger partial charge in [-0.2, -0.15) is 0 Å². The zero-order chi connectivity index (χ0) is 20.0. The number of non-ortho nitro benzene ring substituents is 1. The second-order valence-electron chi connectivity index (χ2n) is 5.15. The van der Waals surface area contributed by atoms with Crippen molar-refractivity contribution >= 4 is 58.0 Å². The van der Waals surface area contributed by atoms with Crippen molar-refractivity contribution in [2.24, 2.45) is 0 Å². The highest BCUT2D eigenvalue weighted by molar-refractivity contribution is 6.40. The molecule has 0 aromatic heterocycles. The number of anilines is 2. The van der Waals surface area contributed by atoms with Crippen molar-refractivity contribution < 1.29 is 19.3 Å². The Morgan fingerprint density at radius 3 is 2.04 bits per heavy atom. The van der Waals surface area contributed by atoms with Crippen molar-refractivity contribution in [3.05, 3.63) is 62.6 Å². The van der Waals surface area contributed by atoms with Crippen LogP contribution >= 0.6 is 23.2 Å². The predicted molar refractivity (Wildman–Crippen MR) is 99.8 cm³/mol. The second-order valence-corrected chi connectivity index (χ2v) is 6.02. The molecule has 0 fully saturated rings. The van der Waals surface area contributed by atoms with Crippen LogP contribution in [0.15, 0.2) is 42.5 Å². The van der Waals surface area contributed by atoms with Crippen LogP contribution in [0.1, 0.15) is 0 Å². The first kappa shape index (κ1) is 20.1. The Kier molecular flexibility index (Phi) is 6.69. The van der Waals surface area contributed by atoms with Crippen molar-refractivity contribution in [3.63, 3.8) is 0 Å². The van der Waals surface area contributed by atoms with Crippen LogP contribution in [0.25, 0.3) is 0 Å². The van der Waals surface area contributed by atoms with E-state index in [-0.39, 0.29) is 21.4 Å². The fourth-order valence-electron chi connectivity index (χ4n) is 1.93. The zero-order valence-electron chi connectivity index (χ0n) is 13.5. The number of nitrogens with one attached hydrogen (secondary N) is 3. The van der Waals surface area contributed by atoms with Gasteiger partial charge in [0.15, 0.2) is 0 Å². The topological polar surface area (TPSA) is 130 Å². The van der Waals surface area contributed by atoms with E-state index in [1.807, 2.05) is 0 Å². The number of amides is 3. The maximum atomic E-state index is 11.8. The average molecular weight is 411 g/mol. The minimum absolute atomic E-state index is 0.126. The molecule has 140 valence electrons. The molecule has 0 radical (unpaired) electrons. The summed E-state index contributed by atoms with van der Waals surface area (Å²) in [4.78, 5) is 45.3. The molecule has 0 unspecified atom stereocenters. The van der Waals surface area contributed by atoms with Gasteiger partial charge in [0.2, 0.25) is 5.91 Å². The molecule has 0 bridgehead atoms. The maximum absolute atomic E-state index is 11.8. The van der Waals surface area contributed by atoms with Gasteiger partial charge in [0.05, 0.1) is 11.5 Å². The van der Waals surface area contributed by atoms with Gasteiger partial charge >= 0.3 is 11.8 Å². The van der Waals surface area contributed by atoms with Crippen LogP contribution in [0, 0.1) is 10.1 Å². The maximum Gasteiger partial charge on any atom is 0.313 e. The number of carbonyl (C=O) groups excluding carboxylic acids is 3. The standard InChI is InChI=1S/C16H12Cl2N4O5/c17-9-5-10(18)7-12(6-9)21-16(25)15(24)19-8-14(23)20-11-1-3-13(4-2-11)22(26)27/h1-7H,8H2,(H,19,24)(H,20,23)(H,21,25). The summed E-state index contributed by atoms with van der Waals surface area (Å²) in [5.74, 6) is -2.66. The van der Waals surface area contributed by atoms with E-state index in [9.17, 15) is 24.5 Å². The van der Waals surface area contributed by atoms with Crippen LogP contribution < -0.4 is 16.0 Å². The first-order chi connectivity index (χ1) is 12.7. The minimum atomic E-state index is -1.04. The van der Waals surface area contributed by atoms with Crippen molar-refractivity contribution in [2.45, 2.75) is 0 Å². The van der Waals surface area contributed by atoms with Crippen LogP contribution in [0.3, 0.4) is 0 Å². The number of hydrogen-bond acceptors (Lipinski definition) is 5. The van der Waals surface area contributed by atoms with E-state index < -0.39 is 29.2 Å². The number of nitro benzene ring substituents is 1. The van der Waals surface area contributed by atoms with Crippen molar-refractivity contribution in [1.29, 1.82) is 0 Å². The zero-order valence-corrected chi connectivity index (χ0v) is 15.0. The van der Waals surface area contributed by atoms with Gasteiger partial charge in [0.1, 0.15) is 0 Å². The molecule has 0 spiro atoms. The van der Waals surface area contributed by atoms with Crippen LogP contribution in [0.5, 0.6) is 0 Å². The lowest BCUT2D eigenvalue weighted by Gasteiger charge is -2.08. The Labute approximate surface area is 162 Å². The molecule has 0 aliphatic heterocycles. The summed E-state index contributed by atoms with van der Waals surface area (Å²) in [6, 6.07) is 9.39. The van der Waals surface area contributed by atoms with E-state index >= 15 is 0 Å². The molecule has 0 atom stereocenters. The van der Waals surface area contributed by atoms with Gasteiger partial charge in [-0.05, 0) is 30.3 Å². The van der Waals surface area contributed by atoms with Gasteiger partial charge in [-0.3, -0.25) is 24.5 Å². The average Bonchev–Trinajstić information content (AvgIpc) is 2.59. The normalized spacial score (nSPS) is 10.0. The lowest BCUT2D eigenvalue weighted by molar-refractivity contribution is -0.384. The number of benzene rings is 2. The summed E-state index contributed by atoms with van der Waals surface area (Å²) >= 11 is 11.6. The SMILES string of the molecule is O=C(CNC(=O)C(=O)Nc1cc(Cl)cc(Cl)c1)Nc1ccc([N+](=O)[O-])cc1. The lowest BCUT2D eigenvalue weighted by atomic mass is 10.3. The molecule has 2 rings (SSSR count). The first-order valence-electron chi connectivity index (χ1n) is 7.34. The third kappa shape index (κ3) is 6.24. The molecule has 2 aromatic rings. The van der Waals surface area contributed by atoms with Gasteiger partial charge in [-0.15, -0.1) is 0 Å². The quantitative estimate of drug-likeness (QED) is 0.396. The fraction of sp³-hybridized carbons (Fsp3) is 0.0625. The number of halogens is 2. The second kappa shape index (κ2) is 8.97. The first-order valence-corrected chi connectivity index (χ1v) is 8.10. The van der Waals surface area contributed by atoms with E-state index in [4.69, 9.17) is 23.2 Å². The van der Waals surface area contributed by atoms with Crippen molar-refractivity contribution in [1.82, 2.24) is 5.32 Å². The molecule has 11 heteroatoms. The molecule has 3 amide bonds. The fourth-order valence-corrected chi connectivity index (χ4v) is 2.45. The van der Waals surface area contributed by atoms with Crippen LogP contribution in [-0.4, -0.2) is 29.2 Å². The van der Waals surface area contributed by atoms with E-state index in [2.05, 4.69) is 16.0 Å².